The summed E-state index contributed by atoms with van der Waals surface area (Å²) in [5, 5.41) is 13.3. The number of benzene rings is 1. The Hall–Kier alpha value is -2.63. The average Bonchev–Trinajstić information content (AvgIpc) is 3.27. The molecule has 0 atom stereocenters. The van der Waals surface area contributed by atoms with Crippen molar-refractivity contribution < 1.29 is 14.7 Å². The summed E-state index contributed by atoms with van der Waals surface area (Å²) in [4.78, 5) is 24.9. The summed E-state index contributed by atoms with van der Waals surface area (Å²) in [6, 6.07) is 11.3. The molecule has 1 N–H and O–H groups in total. The molecule has 1 fully saturated rings. The fraction of sp³-hybridized carbons (Fsp3) is 0.312. The molecule has 1 aromatic carbocycles. The van der Waals surface area contributed by atoms with Crippen LogP contribution in [-0.2, 0) is 4.79 Å². The number of aromatic nitrogens is 2. The summed E-state index contributed by atoms with van der Waals surface area (Å²) in [6.07, 6.45) is 1.72. The molecule has 6 heteroatoms. The van der Waals surface area contributed by atoms with E-state index in [1.807, 2.05) is 37.3 Å². The maximum Gasteiger partial charge on any atom is 0.323 e. The van der Waals surface area contributed by atoms with Gasteiger partial charge in [0.1, 0.15) is 6.54 Å². The van der Waals surface area contributed by atoms with E-state index in [9.17, 15) is 9.59 Å². The molecule has 6 nitrogen and oxygen atoms in total. The molecule has 3 rings (SSSR count). The Morgan fingerprint density at radius 3 is 2.59 bits per heavy atom. The number of rotatable bonds is 5. The summed E-state index contributed by atoms with van der Waals surface area (Å²) in [5.74, 6) is -1.32. The molecule has 1 aliphatic carbocycles. The Labute approximate surface area is 128 Å². The van der Waals surface area contributed by atoms with Crippen LogP contribution >= 0.6 is 0 Å². The highest BCUT2D eigenvalue weighted by atomic mass is 16.4. The number of aliphatic carboxylic acids is 1. The second kappa shape index (κ2) is 5.63. The third-order valence-corrected chi connectivity index (χ3v) is 3.66. The van der Waals surface area contributed by atoms with Crippen LogP contribution < -0.4 is 0 Å². The third kappa shape index (κ3) is 2.86. The molecule has 0 radical (unpaired) electrons. The summed E-state index contributed by atoms with van der Waals surface area (Å²) < 4.78 is 1.69. The van der Waals surface area contributed by atoms with Gasteiger partial charge in [0.05, 0.1) is 5.69 Å². The number of para-hydroxylation sites is 1. The molecule has 2 aromatic rings. The summed E-state index contributed by atoms with van der Waals surface area (Å²) in [5.41, 5.74) is 1.99. The lowest BCUT2D eigenvalue weighted by Gasteiger charge is -2.18. The first-order chi connectivity index (χ1) is 10.6. The van der Waals surface area contributed by atoms with Crippen molar-refractivity contribution in [1.82, 2.24) is 14.7 Å². The van der Waals surface area contributed by atoms with Crippen molar-refractivity contribution in [3.05, 3.63) is 47.8 Å². The first-order valence-corrected chi connectivity index (χ1v) is 7.21. The Morgan fingerprint density at radius 1 is 1.32 bits per heavy atom. The van der Waals surface area contributed by atoms with Crippen LogP contribution in [0.25, 0.3) is 5.69 Å². The van der Waals surface area contributed by atoms with Gasteiger partial charge in [-0.3, -0.25) is 9.59 Å². The molecule has 114 valence electrons. The molecular weight excluding hydrogens is 282 g/mol. The highest BCUT2D eigenvalue weighted by Crippen LogP contribution is 2.28. The van der Waals surface area contributed by atoms with Gasteiger partial charge in [0.25, 0.3) is 5.91 Å². The van der Waals surface area contributed by atoms with E-state index in [1.54, 1.807) is 10.7 Å². The van der Waals surface area contributed by atoms with Crippen LogP contribution in [0, 0.1) is 6.92 Å². The molecule has 22 heavy (non-hydrogen) atoms. The largest absolute Gasteiger partial charge is 0.480 e. The maximum absolute atomic E-state index is 12.5. The van der Waals surface area contributed by atoms with E-state index in [4.69, 9.17) is 5.11 Å². The van der Waals surface area contributed by atoms with Crippen LogP contribution in [0.2, 0.25) is 0 Å². The van der Waals surface area contributed by atoms with E-state index in [1.165, 1.54) is 4.90 Å². The highest BCUT2D eigenvalue weighted by molar-refractivity contribution is 5.94. The molecule has 0 unspecified atom stereocenters. The van der Waals surface area contributed by atoms with Gasteiger partial charge in [0.2, 0.25) is 0 Å². The van der Waals surface area contributed by atoms with E-state index < -0.39 is 5.97 Å². The number of carbonyl (C=O) groups is 2. The van der Waals surface area contributed by atoms with Crippen LogP contribution in [0.1, 0.15) is 29.0 Å². The van der Waals surface area contributed by atoms with Gasteiger partial charge in [-0.2, -0.15) is 5.10 Å². The standard InChI is InChI=1S/C16H17N3O3/c1-11-9-14(17-19(11)13-5-3-2-4-6-13)16(22)18(10-15(20)21)12-7-8-12/h2-6,9,12H,7-8,10H2,1H3,(H,20,21). The van der Waals surface area contributed by atoms with Crippen LogP contribution in [0.4, 0.5) is 0 Å². The zero-order chi connectivity index (χ0) is 15.7. The Morgan fingerprint density at radius 2 is 2.00 bits per heavy atom. The van der Waals surface area contributed by atoms with Gasteiger partial charge < -0.3 is 10.0 Å². The van der Waals surface area contributed by atoms with Gasteiger partial charge in [0.15, 0.2) is 5.69 Å². The van der Waals surface area contributed by atoms with Crippen LogP contribution in [0.3, 0.4) is 0 Å². The van der Waals surface area contributed by atoms with Crippen molar-refractivity contribution in [3.8, 4) is 5.69 Å². The number of carboxylic acid groups (broad SMARTS) is 1. The molecule has 1 amide bonds. The highest BCUT2D eigenvalue weighted by Gasteiger charge is 2.35. The molecule has 0 spiro atoms. The lowest BCUT2D eigenvalue weighted by atomic mass is 10.3. The van der Waals surface area contributed by atoms with Gasteiger partial charge >= 0.3 is 5.97 Å². The summed E-state index contributed by atoms with van der Waals surface area (Å²) in [7, 11) is 0. The number of aryl methyl sites for hydroxylation is 1. The summed E-state index contributed by atoms with van der Waals surface area (Å²) in [6.45, 7) is 1.59. The van der Waals surface area contributed by atoms with Gasteiger partial charge in [-0.15, -0.1) is 0 Å². The van der Waals surface area contributed by atoms with Crippen molar-refractivity contribution in [1.29, 1.82) is 0 Å². The summed E-state index contributed by atoms with van der Waals surface area (Å²) >= 11 is 0. The molecule has 1 saturated carbocycles. The Balaban J connectivity index is 1.88. The maximum atomic E-state index is 12.5. The van der Waals surface area contributed by atoms with Crippen molar-refractivity contribution in [2.24, 2.45) is 0 Å². The Bertz CT molecular complexity index is 705. The molecule has 1 aliphatic rings. The number of amides is 1. The number of hydrogen-bond acceptors (Lipinski definition) is 3. The number of carbonyl (C=O) groups excluding carboxylic acids is 1. The van der Waals surface area contributed by atoms with Gasteiger partial charge in [-0.05, 0) is 38.0 Å². The quantitative estimate of drug-likeness (QED) is 0.914. The van der Waals surface area contributed by atoms with Gasteiger partial charge in [0, 0.05) is 11.7 Å². The zero-order valence-electron chi connectivity index (χ0n) is 12.3. The second-order valence-corrected chi connectivity index (χ2v) is 5.48. The molecule has 1 heterocycles. The minimum absolute atomic E-state index is 0.0331. The molecular formula is C16H17N3O3. The van der Waals surface area contributed by atoms with E-state index in [0.717, 1.165) is 24.2 Å². The first-order valence-electron chi connectivity index (χ1n) is 7.21. The lowest BCUT2D eigenvalue weighted by molar-refractivity contribution is -0.137. The monoisotopic (exact) mass is 299 g/mol. The number of carboxylic acids is 1. The van der Waals surface area contributed by atoms with Crippen molar-refractivity contribution in [2.45, 2.75) is 25.8 Å². The van der Waals surface area contributed by atoms with E-state index in [0.29, 0.717) is 0 Å². The molecule has 0 aliphatic heterocycles. The van der Waals surface area contributed by atoms with E-state index >= 15 is 0 Å². The van der Waals surface area contributed by atoms with Crippen molar-refractivity contribution in [2.75, 3.05) is 6.54 Å². The van der Waals surface area contributed by atoms with Crippen molar-refractivity contribution in [3.63, 3.8) is 0 Å². The Kier molecular flexibility index (Phi) is 3.66. The van der Waals surface area contributed by atoms with Crippen LogP contribution in [0.5, 0.6) is 0 Å². The zero-order valence-corrected chi connectivity index (χ0v) is 12.3. The minimum Gasteiger partial charge on any atom is -0.480 e. The third-order valence-electron chi connectivity index (χ3n) is 3.66. The van der Waals surface area contributed by atoms with Crippen LogP contribution in [-0.4, -0.2) is 44.3 Å². The fourth-order valence-corrected chi connectivity index (χ4v) is 2.46. The van der Waals surface area contributed by atoms with Crippen LogP contribution in [0.15, 0.2) is 36.4 Å². The van der Waals surface area contributed by atoms with Gasteiger partial charge in [-0.25, -0.2) is 4.68 Å². The second-order valence-electron chi connectivity index (χ2n) is 5.48. The smallest absolute Gasteiger partial charge is 0.323 e. The number of hydrogen-bond donors (Lipinski definition) is 1. The van der Waals surface area contributed by atoms with Gasteiger partial charge in [-0.1, -0.05) is 18.2 Å². The fourth-order valence-electron chi connectivity index (χ4n) is 2.46. The SMILES string of the molecule is Cc1cc(C(=O)N(CC(=O)O)C2CC2)nn1-c1ccccc1. The topological polar surface area (TPSA) is 75.4 Å². The normalized spacial score (nSPS) is 13.9. The predicted octanol–water partition coefficient (Wildman–Crippen LogP) is 1.87. The molecule has 1 aromatic heterocycles. The first kappa shape index (κ1) is 14.3. The molecule has 0 saturated heterocycles. The lowest BCUT2D eigenvalue weighted by Crippen LogP contribution is -2.37. The molecule has 0 bridgehead atoms. The minimum atomic E-state index is -1.00. The van der Waals surface area contributed by atoms with Crippen molar-refractivity contribution >= 4 is 11.9 Å². The average molecular weight is 299 g/mol. The predicted molar refractivity (Wildman–Crippen MR) is 80.0 cm³/mol. The van der Waals surface area contributed by atoms with E-state index in [2.05, 4.69) is 5.10 Å². The van der Waals surface area contributed by atoms with E-state index in [-0.39, 0.29) is 24.2 Å². The number of nitrogens with zero attached hydrogens (tertiary/aromatic N) is 3.